The molecule has 6 aromatic rings. The Hall–Kier alpha value is -5.57. The Morgan fingerprint density at radius 2 is 0.826 bits per heavy atom. The first-order valence-electron chi connectivity index (χ1n) is 15.2. The number of nitrogens with one attached hydrogen (secondary N) is 2. The molecule has 0 heterocycles. The van der Waals surface area contributed by atoms with E-state index in [-0.39, 0.29) is 17.5 Å². The summed E-state index contributed by atoms with van der Waals surface area (Å²) >= 11 is 0. The molecule has 0 aliphatic carbocycles. The zero-order chi connectivity index (χ0) is 31.6. The third-order valence-electron chi connectivity index (χ3n) is 7.85. The topological polar surface area (TPSA) is 58.2 Å². The van der Waals surface area contributed by atoms with E-state index in [0.717, 1.165) is 32.4 Å². The molecule has 224 valence electrons. The normalized spacial score (nSPS) is 11.7. The van der Waals surface area contributed by atoms with Crippen LogP contribution in [0.1, 0.15) is 21.5 Å². The van der Waals surface area contributed by atoms with Crippen LogP contribution in [-0.4, -0.2) is 11.8 Å². The molecule has 2 N–H and O–H groups in total. The summed E-state index contributed by atoms with van der Waals surface area (Å²) in [5.74, 6) is -0.717. The van der Waals surface area contributed by atoms with Crippen LogP contribution in [0.25, 0.3) is 5.31 Å². The van der Waals surface area contributed by atoms with Crippen LogP contribution < -0.4 is 26.5 Å². The van der Waals surface area contributed by atoms with Crippen LogP contribution in [0.5, 0.6) is 0 Å². The Labute approximate surface area is 270 Å². The third kappa shape index (κ3) is 6.44. The van der Waals surface area contributed by atoms with Gasteiger partial charge in [0.1, 0.15) is 28.5 Å². The van der Waals surface area contributed by atoms with Gasteiger partial charge in [-0.3, -0.25) is 9.59 Å². The molecule has 6 aromatic carbocycles. The molecule has 0 unspecified atom stereocenters. The molecular weight excluding hydrogens is 583 g/mol. The minimum absolute atomic E-state index is 0.223. The zero-order valence-corrected chi connectivity index (χ0v) is 26.2. The lowest BCUT2D eigenvalue weighted by Crippen LogP contribution is -2.39. The quantitative estimate of drug-likeness (QED) is 0.127. The minimum Gasteiger partial charge on any atom is -0.347 e. The molecule has 0 fully saturated rings. The first-order valence-corrected chi connectivity index (χ1v) is 17.0. The van der Waals surface area contributed by atoms with Gasteiger partial charge < -0.3 is 10.6 Å². The van der Waals surface area contributed by atoms with Gasteiger partial charge in [-0.2, -0.15) is 0 Å². The molecule has 0 bridgehead atoms. The van der Waals surface area contributed by atoms with Gasteiger partial charge in [0.15, 0.2) is 5.70 Å². The van der Waals surface area contributed by atoms with Crippen LogP contribution in [-0.2, 0) is 11.3 Å². The predicted molar refractivity (Wildman–Crippen MR) is 191 cm³/mol. The van der Waals surface area contributed by atoms with Gasteiger partial charge in [0.2, 0.25) is 0 Å². The van der Waals surface area contributed by atoms with Crippen LogP contribution in [0.4, 0.5) is 0 Å². The first-order chi connectivity index (χ1) is 22.7. The lowest BCUT2D eigenvalue weighted by Gasteiger charge is -2.31. The van der Waals surface area contributed by atoms with Crippen LogP contribution in [0, 0.1) is 0 Å². The van der Waals surface area contributed by atoms with Gasteiger partial charge in [-0.25, -0.2) is 0 Å². The number of hydrogen-bond acceptors (Lipinski definition) is 2. The van der Waals surface area contributed by atoms with Crippen LogP contribution in [0.15, 0.2) is 188 Å². The molecular formula is C41H34N2O2P+. The van der Waals surface area contributed by atoms with Gasteiger partial charge in [-0.15, -0.1) is 0 Å². The molecule has 6 rings (SSSR count). The fraction of sp³-hybridized carbons (Fsp3) is 0.0244. The highest BCUT2D eigenvalue weighted by atomic mass is 31.2. The summed E-state index contributed by atoms with van der Waals surface area (Å²) in [6.07, 6.45) is 0. The molecule has 2 amide bonds. The molecule has 4 nitrogen and oxygen atoms in total. The molecule has 0 aliphatic rings. The Kier molecular flexibility index (Phi) is 9.58. The molecule has 5 heteroatoms. The second kappa shape index (κ2) is 14.5. The van der Waals surface area contributed by atoms with Crippen molar-refractivity contribution in [3.8, 4) is 0 Å². The predicted octanol–water partition coefficient (Wildman–Crippen LogP) is 7.10. The maximum Gasteiger partial charge on any atom is 0.272 e. The molecule has 0 spiro atoms. The summed E-state index contributed by atoms with van der Waals surface area (Å²) in [6, 6.07) is 59.8. The van der Waals surface area contributed by atoms with Gasteiger partial charge >= 0.3 is 0 Å². The Morgan fingerprint density at radius 3 is 1.26 bits per heavy atom. The number of carbonyl (C=O) groups is 2. The van der Waals surface area contributed by atoms with Gasteiger partial charge in [0.25, 0.3) is 11.8 Å². The highest BCUT2D eigenvalue weighted by Gasteiger charge is 2.52. The Balaban J connectivity index is 1.70. The number of rotatable bonds is 10. The summed E-state index contributed by atoms with van der Waals surface area (Å²) < 4.78 is 0. The van der Waals surface area contributed by atoms with Crippen molar-refractivity contribution >= 4 is 40.3 Å². The highest BCUT2D eigenvalue weighted by molar-refractivity contribution is 8.03. The van der Waals surface area contributed by atoms with Crippen LogP contribution in [0.3, 0.4) is 0 Å². The van der Waals surface area contributed by atoms with Crippen molar-refractivity contribution < 1.29 is 9.59 Å². The lowest BCUT2D eigenvalue weighted by atomic mass is 10.1. The van der Waals surface area contributed by atoms with E-state index in [4.69, 9.17) is 0 Å². The number of benzene rings is 6. The van der Waals surface area contributed by atoms with E-state index < -0.39 is 7.26 Å². The number of carbonyl (C=O) groups excluding carboxylic acids is 2. The second-order valence-corrected chi connectivity index (χ2v) is 14.1. The van der Waals surface area contributed by atoms with E-state index in [2.05, 4.69) is 47.0 Å². The number of amides is 2. The standard InChI is InChI=1S/C41H33N2O2P/c44-40(34-23-11-3-12-24-34)43-38(41(45)42-31-32-19-7-1-8-20-32)39(33-21-9-2-10-22-33)46(35-25-13-4-14-26-35,36-27-15-5-16-28-36)37-29-17-6-18-30-37/h1-30H,31H2,(H-,42,43,44,45)/p+1. The monoisotopic (exact) mass is 617 g/mol. The molecule has 0 aromatic heterocycles. The van der Waals surface area contributed by atoms with Crippen LogP contribution in [0.2, 0.25) is 0 Å². The molecule has 0 saturated carbocycles. The first kappa shape index (κ1) is 30.5. The molecule has 0 radical (unpaired) electrons. The Morgan fingerprint density at radius 1 is 0.457 bits per heavy atom. The maximum atomic E-state index is 14.7. The van der Waals surface area contributed by atoms with Gasteiger partial charge in [0.05, 0.1) is 0 Å². The van der Waals surface area contributed by atoms with Crippen molar-refractivity contribution in [2.75, 3.05) is 0 Å². The molecule has 46 heavy (non-hydrogen) atoms. The second-order valence-electron chi connectivity index (χ2n) is 10.8. The molecule has 0 saturated heterocycles. The SMILES string of the molecule is O=C(NCc1ccccc1)C(NC(=O)c1ccccc1)=C(c1ccccc1)[P+](c1ccccc1)(c1ccccc1)c1ccccc1. The summed E-state index contributed by atoms with van der Waals surface area (Å²) in [4.78, 5) is 28.7. The average molecular weight is 618 g/mol. The highest BCUT2D eigenvalue weighted by Crippen LogP contribution is 2.67. The smallest absolute Gasteiger partial charge is 0.272 e. The van der Waals surface area contributed by atoms with Gasteiger partial charge in [0, 0.05) is 17.7 Å². The molecule has 0 atom stereocenters. The summed E-state index contributed by atoms with van der Waals surface area (Å²) in [5, 5.41) is 10.2. The average Bonchev–Trinajstić information content (AvgIpc) is 3.14. The fourth-order valence-corrected chi connectivity index (χ4v) is 10.3. The summed E-state index contributed by atoms with van der Waals surface area (Å²) in [6.45, 7) is 0.305. The van der Waals surface area contributed by atoms with Crippen molar-refractivity contribution in [1.82, 2.24) is 10.6 Å². The van der Waals surface area contributed by atoms with Crippen molar-refractivity contribution in [3.63, 3.8) is 0 Å². The van der Waals surface area contributed by atoms with Crippen molar-refractivity contribution in [3.05, 3.63) is 204 Å². The van der Waals surface area contributed by atoms with E-state index in [9.17, 15) is 9.59 Å². The summed E-state index contributed by atoms with van der Waals surface area (Å²) in [5.41, 5.74) is 2.50. The molecule has 0 aliphatic heterocycles. The van der Waals surface area contributed by atoms with Crippen molar-refractivity contribution in [2.45, 2.75) is 6.54 Å². The number of hydrogen-bond donors (Lipinski definition) is 2. The maximum absolute atomic E-state index is 14.7. The largest absolute Gasteiger partial charge is 0.347 e. The van der Waals surface area contributed by atoms with Crippen molar-refractivity contribution in [2.24, 2.45) is 0 Å². The minimum atomic E-state index is -2.83. The summed E-state index contributed by atoms with van der Waals surface area (Å²) in [7, 11) is -2.83. The van der Waals surface area contributed by atoms with E-state index in [1.807, 2.05) is 133 Å². The van der Waals surface area contributed by atoms with E-state index in [1.165, 1.54) is 0 Å². The van der Waals surface area contributed by atoms with Gasteiger partial charge in [-0.05, 0) is 54.1 Å². The third-order valence-corrected chi connectivity index (χ3v) is 12.2. The zero-order valence-electron chi connectivity index (χ0n) is 25.3. The van der Waals surface area contributed by atoms with E-state index in [0.29, 0.717) is 12.1 Å². The van der Waals surface area contributed by atoms with Gasteiger partial charge in [-0.1, -0.05) is 133 Å². The van der Waals surface area contributed by atoms with E-state index in [1.54, 1.807) is 12.1 Å². The lowest BCUT2D eigenvalue weighted by molar-refractivity contribution is -0.117. The van der Waals surface area contributed by atoms with E-state index >= 15 is 0 Å². The van der Waals surface area contributed by atoms with Crippen LogP contribution >= 0.6 is 7.26 Å². The van der Waals surface area contributed by atoms with Crippen molar-refractivity contribution in [1.29, 1.82) is 0 Å². The fourth-order valence-electron chi connectivity index (χ4n) is 5.76. The Bertz CT molecular complexity index is 1820.